The Kier molecular flexibility index (Phi) is 6.13. The van der Waals surface area contributed by atoms with E-state index in [0.717, 1.165) is 26.5 Å². The lowest BCUT2D eigenvalue weighted by molar-refractivity contribution is 0.102. The Morgan fingerprint density at radius 2 is 1.53 bits per heavy atom. The molecule has 1 aromatic heterocycles. The molecule has 1 N–H and O–H groups in total. The van der Waals surface area contributed by atoms with E-state index in [2.05, 4.69) is 10.3 Å². The fourth-order valence-corrected chi connectivity index (χ4v) is 4.29. The highest BCUT2D eigenvalue weighted by Crippen LogP contribution is 2.40. The van der Waals surface area contributed by atoms with E-state index in [1.165, 1.54) is 32.7 Å². The third-order valence-corrected chi connectivity index (χ3v) is 5.98. The Morgan fingerprint density at radius 1 is 0.844 bits per heavy atom. The number of thiazole rings is 1. The Labute approximate surface area is 189 Å². The van der Waals surface area contributed by atoms with Crippen LogP contribution in [-0.4, -0.2) is 39.3 Å². The summed E-state index contributed by atoms with van der Waals surface area (Å²) in [5.74, 6) is 1.93. The summed E-state index contributed by atoms with van der Waals surface area (Å²) in [7, 11) is 6.22. The highest BCUT2D eigenvalue weighted by Gasteiger charge is 2.16. The Bertz CT molecular complexity index is 1240. The predicted octanol–water partition coefficient (Wildman–Crippen LogP) is 5.25. The maximum atomic E-state index is 12.9. The monoisotopic (exact) mass is 450 g/mol. The molecule has 0 atom stereocenters. The maximum absolute atomic E-state index is 12.9. The van der Waals surface area contributed by atoms with E-state index in [0.29, 0.717) is 28.5 Å². The number of anilines is 1. The SMILES string of the molecule is COc1ccc(-c2nc3ccc(C(=O)Nc4cc(OC)c(OC)c(OC)c4)cc3s2)cc1. The van der Waals surface area contributed by atoms with Crippen molar-refractivity contribution in [3.63, 3.8) is 0 Å². The van der Waals surface area contributed by atoms with Crippen molar-refractivity contribution in [1.82, 2.24) is 4.98 Å². The van der Waals surface area contributed by atoms with Gasteiger partial charge in [-0.25, -0.2) is 4.98 Å². The minimum Gasteiger partial charge on any atom is -0.497 e. The van der Waals surface area contributed by atoms with Crippen LogP contribution in [0.25, 0.3) is 20.8 Å². The topological polar surface area (TPSA) is 78.9 Å². The van der Waals surface area contributed by atoms with Gasteiger partial charge in [-0.05, 0) is 42.5 Å². The molecule has 7 nitrogen and oxygen atoms in total. The minimum atomic E-state index is -0.249. The zero-order chi connectivity index (χ0) is 22.7. The van der Waals surface area contributed by atoms with Crippen molar-refractivity contribution in [3.05, 3.63) is 60.2 Å². The van der Waals surface area contributed by atoms with Crippen molar-refractivity contribution in [3.8, 4) is 33.6 Å². The molecule has 8 heteroatoms. The Morgan fingerprint density at radius 3 is 2.12 bits per heavy atom. The minimum absolute atomic E-state index is 0.249. The van der Waals surface area contributed by atoms with Gasteiger partial charge < -0.3 is 24.3 Å². The molecule has 0 spiro atoms. The summed E-state index contributed by atoms with van der Waals surface area (Å²) >= 11 is 1.53. The number of nitrogens with zero attached hydrogens (tertiary/aromatic N) is 1. The van der Waals surface area contributed by atoms with Gasteiger partial charge in [0.1, 0.15) is 10.8 Å². The van der Waals surface area contributed by atoms with E-state index in [9.17, 15) is 4.79 Å². The molecule has 0 unspecified atom stereocenters. The summed E-state index contributed by atoms with van der Waals surface area (Å²) in [4.78, 5) is 17.6. The third-order valence-electron chi connectivity index (χ3n) is 4.91. The fraction of sp³-hybridized carbons (Fsp3) is 0.167. The van der Waals surface area contributed by atoms with Crippen LogP contribution in [0.2, 0.25) is 0 Å². The first-order valence-corrected chi connectivity index (χ1v) is 10.5. The van der Waals surface area contributed by atoms with Gasteiger partial charge in [-0.2, -0.15) is 0 Å². The quantitative estimate of drug-likeness (QED) is 0.414. The van der Waals surface area contributed by atoms with E-state index in [-0.39, 0.29) is 5.91 Å². The van der Waals surface area contributed by atoms with E-state index in [1.807, 2.05) is 36.4 Å². The molecule has 0 fully saturated rings. The first-order chi connectivity index (χ1) is 15.6. The predicted molar refractivity (Wildman–Crippen MR) is 126 cm³/mol. The molecule has 0 aliphatic carbocycles. The van der Waals surface area contributed by atoms with Gasteiger partial charge in [0.15, 0.2) is 11.5 Å². The molecule has 1 heterocycles. The number of benzene rings is 3. The highest BCUT2D eigenvalue weighted by molar-refractivity contribution is 7.21. The zero-order valence-electron chi connectivity index (χ0n) is 18.1. The number of methoxy groups -OCH3 is 4. The summed E-state index contributed by atoms with van der Waals surface area (Å²) in [6, 6.07) is 16.6. The molecular formula is C24H22N2O5S. The highest BCUT2D eigenvalue weighted by atomic mass is 32.1. The summed E-state index contributed by atoms with van der Waals surface area (Å²) in [6.45, 7) is 0. The van der Waals surface area contributed by atoms with Gasteiger partial charge in [-0.15, -0.1) is 11.3 Å². The average Bonchev–Trinajstić information content (AvgIpc) is 3.26. The van der Waals surface area contributed by atoms with Gasteiger partial charge >= 0.3 is 0 Å². The van der Waals surface area contributed by atoms with Crippen molar-refractivity contribution in [1.29, 1.82) is 0 Å². The lowest BCUT2D eigenvalue weighted by atomic mass is 10.2. The first kappa shape index (κ1) is 21.5. The largest absolute Gasteiger partial charge is 0.497 e. The van der Waals surface area contributed by atoms with Crippen LogP contribution in [0, 0.1) is 0 Å². The molecule has 4 aromatic rings. The number of ether oxygens (including phenoxy) is 4. The van der Waals surface area contributed by atoms with Crippen molar-refractivity contribution in [2.45, 2.75) is 0 Å². The molecule has 0 aliphatic heterocycles. The van der Waals surface area contributed by atoms with Crippen LogP contribution in [0.5, 0.6) is 23.0 Å². The van der Waals surface area contributed by atoms with Crippen LogP contribution >= 0.6 is 11.3 Å². The third kappa shape index (κ3) is 4.17. The fourth-order valence-electron chi connectivity index (χ4n) is 3.28. The van der Waals surface area contributed by atoms with Gasteiger partial charge in [0.05, 0.1) is 38.7 Å². The Balaban J connectivity index is 1.60. The number of nitrogens with one attached hydrogen (secondary N) is 1. The van der Waals surface area contributed by atoms with E-state index >= 15 is 0 Å². The number of rotatable bonds is 7. The van der Waals surface area contributed by atoms with E-state index < -0.39 is 0 Å². The maximum Gasteiger partial charge on any atom is 0.255 e. The lowest BCUT2D eigenvalue weighted by Gasteiger charge is -2.14. The number of carbonyl (C=O) groups excluding carboxylic acids is 1. The van der Waals surface area contributed by atoms with Crippen LogP contribution in [-0.2, 0) is 0 Å². The van der Waals surface area contributed by atoms with Gasteiger partial charge in [0, 0.05) is 28.9 Å². The molecule has 0 radical (unpaired) electrons. The number of hydrogen-bond acceptors (Lipinski definition) is 7. The molecule has 4 rings (SSSR count). The molecule has 0 bridgehead atoms. The summed E-state index contributed by atoms with van der Waals surface area (Å²) in [6.07, 6.45) is 0. The molecule has 0 aliphatic rings. The number of carbonyl (C=O) groups is 1. The summed E-state index contributed by atoms with van der Waals surface area (Å²) in [5, 5.41) is 3.77. The van der Waals surface area contributed by atoms with Gasteiger partial charge in [-0.1, -0.05) is 0 Å². The molecule has 0 saturated heterocycles. The second-order valence-electron chi connectivity index (χ2n) is 6.80. The van der Waals surface area contributed by atoms with Gasteiger partial charge in [0.2, 0.25) is 5.75 Å². The van der Waals surface area contributed by atoms with Crippen LogP contribution in [0.3, 0.4) is 0 Å². The Hall–Kier alpha value is -3.78. The smallest absolute Gasteiger partial charge is 0.255 e. The van der Waals surface area contributed by atoms with Crippen molar-refractivity contribution in [2.75, 3.05) is 33.8 Å². The van der Waals surface area contributed by atoms with Crippen molar-refractivity contribution in [2.24, 2.45) is 0 Å². The summed E-state index contributed by atoms with van der Waals surface area (Å²) < 4.78 is 22.2. The van der Waals surface area contributed by atoms with Crippen molar-refractivity contribution < 1.29 is 23.7 Å². The van der Waals surface area contributed by atoms with E-state index in [4.69, 9.17) is 18.9 Å². The van der Waals surface area contributed by atoms with Crippen LogP contribution < -0.4 is 24.3 Å². The normalized spacial score (nSPS) is 10.6. The lowest BCUT2D eigenvalue weighted by Crippen LogP contribution is -2.12. The molecule has 32 heavy (non-hydrogen) atoms. The van der Waals surface area contributed by atoms with Crippen LogP contribution in [0.4, 0.5) is 5.69 Å². The van der Waals surface area contributed by atoms with Crippen molar-refractivity contribution >= 4 is 33.1 Å². The number of fused-ring (bicyclic) bond motifs is 1. The molecule has 1 amide bonds. The molecule has 3 aromatic carbocycles. The average molecular weight is 451 g/mol. The second-order valence-corrected chi connectivity index (χ2v) is 7.83. The second kappa shape index (κ2) is 9.15. The van der Waals surface area contributed by atoms with Gasteiger partial charge in [0.25, 0.3) is 5.91 Å². The molecule has 0 saturated carbocycles. The first-order valence-electron chi connectivity index (χ1n) is 9.72. The van der Waals surface area contributed by atoms with Crippen LogP contribution in [0.15, 0.2) is 54.6 Å². The zero-order valence-corrected chi connectivity index (χ0v) is 18.9. The number of aromatic nitrogens is 1. The molecular weight excluding hydrogens is 428 g/mol. The summed E-state index contributed by atoms with van der Waals surface area (Å²) in [5.41, 5.74) is 2.89. The molecule has 164 valence electrons. The number of amides is 1. The number of hydrogen-bond donors (Lipinski definition) is 1. The van der Waals surface area contributed by atoms with Gasteiger partial charge in [-0.3, -0.25) is 4.79 Å². The standard InChI is InChI=1S/C24H22N2O5S/c1-28-17-8-5-14(6-9-17)24-26-18-10-7-15(11-21(18)32-24)23(27)25-16-12-19(29-2)22(31-4)20(13-16)30-3/h5-13H,1-4H3,(H,25,27). The van der Waals surface area contributed by atoms with E-state index in [1.54, 1.807) is 25.3 Å². The van der Waals surface area contributed by atoms with Crippen LogP contribution in [0.1, 0.15) is 10.4 Å².